The molecule has 3 N–H and O–H groups in total. The van der Waals surface area contributed by atoms with E-state index in [0.29, 0.717) is 19.3 Å². The van der Waals surface area contributed by atoms with Gasteiger partial charge in [-0.25, -0.2) is 0 Å². The minimum atomic E-state index is -0.825. The molecule has 2 rings (SSSR count). The van der Waals surface area contributed by atoms with E-state index in [1.165, 1.54) is 0 Å². The molecule has 1 atom stereocenters. The van der Waals surface area contributed by atoms with Crippen molar-refractivity contribution in [1.82, 2.24) is 5.32 Å². The topological polar surface area (TPSA) is 69.6 Å². The van der Waals surface area contributed by atoms with E-state index in [2.05, 4.69) is 5.32 Å². The summed E-state index contributed by atoms with van der Waals surface area (Å²) in [6.07, 6.45) is 3.44. The van der Waals surface area contributed by atoms with Gasteiger partial charge >= 0.3 is 0 Å². The zero-order valence-electron chi connectivity index (χ0n) is 11.7. The predicted molar refractivity (Wildman–Crippen MR) is 77.2 cm³/mol. The van der Waals surface area contributed by atoms with Crippen LogP contribution in [-0.2, 0) is 11.2 Å². The van der Waals surface area contributed by atoms with E-state index in [4.69, 9.17) is 0 Å². The second-order valence-electron chi connectivity index (χ2n) is 5.76. The lowest BCUT2D eigenvalue weighted by Crippen LogP contribution is -2.38. The fourth-order valence-corrected chi connectivity index (χ4v) is 2.76. The third-order valence-corrected chi connectivity index (χ3v) is 3.87. The number of aliphatic hydroxyl groups is 2. The Balaban J connectivity index is 1.70. The van der Waals surface area contributed by atoms with Gasteiger partial charge in [-0.2, -0.15) is 0 Å². The first-order valence-corrected chi connectivity index (χ1v) is 7.28. The molecule has 0 spiro atoms. The van der Waals surface area contributed by atoms with Gasteiger partial charge in [0, 0.05) is 13.0 Å². The lowest BCUT2D eigenvalue weighted by atomic mass is 9.97. The Morgan fingerprint density at radius 1 is 1.25 bits per heavy atom. The average Bonchev–Trinajstić information content (AvgIpc) is 2.84. The summed E-state index contributed by atoms with van der Waals surface area (Å²) in [4.78, 5) is 11.8. The smallest absolute Gasteiger partial charge is 0.222 e. The van der Waals surface area contributed by atoms with Gasteiger partial charge in [0.25, 0.3) is 0 Å². The molecule has 20 heavy (non-hydrogen) atoms. The molecule has 1 amide bonds. The first-order valence-electron chi connectivity index (χ1n) is 7.28. The number of hydrogen-bond donors (Lipinski definition) is 3. The van der Waals surface area contributed by atoms with Crippen LogP contribution in [0.1, 0.15) is 37.7 Å². The number of hydrogen-bond acceptors (Lipinski definition) is 3. The van der Waals surface area contributed by atoms with Gasteiger partial charge in [-0.3, -0.25) is 4.79 Å². The highest BCUT2D eigenvalue weighted by Gasteiger charge is 2.33. The van der Waals surface area contributed by atoms with E-state index in [9.17, 15) is 15.0 Å². The second-order valence-corrected chi connectivity index (χ2v) is 5.76. The van der Waals surface area contributed by atoms with Crippen LogP contribution in [0.3, 0.4) is 0 Å². The van der Waals surface area contributed by atoms with Crippen LogP contribution >= 0.6 is 0 Å². The van der Waals surface area contributed by atoms with Crippen molar-refractivity contribution in [3.63, 3.8) is 0 Å². The first-order chi connectivity index (χ1) is 9.57. The number of nitrogens with one attached hydrogen (secondary N) is 1. The van der Waals surface area contributed by atoms with Crippen molar-refractivity contribution in [2.24, 2.45) is 0 Å². The Morgan fingerprint density at radius 2 is 1.90 bits per heavy atom. The molecule has 0 saturated heterocycles. The van der Waals surface area contributed by atoms with Crippen molar-refractivity contribution in [3.05, 3.63) is 35.9 Å². The van der Waals surface area contributed by atoms with Crippen molar-refractivity contribution in [3.8, 4) is 0 Å². The fourth-order valence-electron chi connectivity index (χ4n) is 2.76. The second kappa shape index (κ2) is 6.86. The minimum absolute atomic E-state index is 0.144. The zero-order chi connectivity index (χ0) is 14.4. The monoisotopic (exact) mass is 277 g/mol. The van der Waals surface area contributed by atoms with Gasteiger partial charge in [0.15, 0.2) is 0 Å². The highest BCUT2D eigenvalue weighted by atomic mass is 16.3. The fraction of sp³-hybridized carbons (Fsp3) is 0.562. The number of carbonyl (C=O) groups excluding carboxylic acids is 1. The van der Waals surface area contributed by atoms with Crippen molar-refractivity contribution in [2.75, 3.05) is 6.54 Å². The molecule has 0 radical (unpaired) electrons. The van der Waals surface area contributed by atoms with Crippen molar-refractivity contribution in [2.45, 2.75) is 50.2 Å². The third-order valence-electron chi connectivity index (χ3n) is 3.87. The molecule has 4 nitrogen and oxygen atoms in total. The summed E-state index contributed by atoms with van der Waals surface area (Å²) >= 11 is 0. The van der Waals surface area contributed by atoms with E-state index in [-0.39, 0.29) is 18.9 Å². The molecule has 1 saturated carbocycles. The SMILES string of the molecule is O=C(CC1(O)CCCC1)NCC(O)Cc1ccccc1. The Bertz CT molecular complexity index is 427. The Kier molecular flexibility index (Phi) is 5.15. The van der Waals surface area contributed by atoms with Crippen LogP contribution in [-0.4, -0.2) is 34.4 Å². The zero-order valence-corrected chi connectivity index (χ0v) is 11.7. The lowest BCUT2D eigenvalue weighted by molar-refractivity contribution is -0.126. The van der Waals surface area contributed by atoms with Crippen LogP contribution < -0.4 is 5.32 Å². The van der Waals surface area contributed by atoms with E-state index in [0.717, 1.165) is 18.4 Å². The van der Waals surface area contributed by atoms with Crippen molar-refractivity contribution < 1.29 is 15.0 Å². The van der Waals surface area contributed by atoms with Crippen LogP contribution in [0.15, 0.2) is 30.3 Å². The van der Waals surface area contributed by atoms with Gasteiger partial charge < -0.3 is 15.5 Å². The molecule has 110 valence electrons. The van der Waals surface area contributed by atoms with Crippen LogP contribution in [0.2, 0.25) is 0 Å². The molecule has 1 unspecified atom stereocenters. The molecule has 4 heteroatoms. The molecule has 1 aliphatic rings. The van der Waals surface area contributed by atoms with Crippen molar-refractivity contribution >= 4 is 5.91 Å². The molecular formula is C16H23NO3. The maximum absolute atomic E-state index is 11.8. The minimum Gasteiger partial charge on any atom is -0.391 e. The van der Waals surface area contributed by atoms with Gasteiger partial charge in [-0.05, 0) is 18.4 Å². The van der Waals surface area contributed by atoms with Gasteiger partial charge in [-0.15, -0.1) is 0 Å². The number of rotatable bonds is 6. The van der Waals surface area contributed by atoms with E-state index in [1.807, 2.05) is 30.3 Å². The predicted octanol–water partition coefficient (Wildman–Crippen LogP) is 1.40. The standard InChI is InChI=1S/C16H23NO3/c18-14(10-13-6-2-1-3-7-13)12-17-15(19)11-16(20)8-4-5-9-16/h1-3,6-7,14,18,20H,4-5,8-12H2,(H,17,19). The Labute approximate surface area is 119 Å². The summed E-state index contributed by atoms with van der Waals surface area (Å²) in [6, 6.07) is 9.69. The van der Waals surface area contributed by atoms with E-state index >= 15 is 0 Å². The van der Waals surface area contributed by atoms with Crippen LogP contribution in [0.5, 0.6) is 0 Å². The van der Waals surface area contributed by atoms with Gasteiger partial charge in [0.05, 0.1) is 18.1 Å². The highest BCUT2D eigenvalue weighted by molar-refractivity contribution is 5.77. The lowest BCUT2D eigenvalue weighted by Gasteiger charge is -2.21. The molecule has 0 aliphatic heterocycles. The number of amides is 1. The maximum atomic E-state index is 11.8. The van der Waals surface area contributed by atoms with Gasteiger partial charge in [0.1, 0.15) is 0 Å². The molecular weight excluding hydrogens is 254 g/mol. The summed E-state index contributed by atoms with van der Waals surface area (Å²) in [5, 5.41) is 22.7. The van der Waals surface area contributed by atoms with Gasteiger partial charge in [0.2, 0.25) is 5.91 Å². The normalized spacial score (nSPS) is 18.7. The summed E-state index contributed by atoms with van der Waals surface area (Å²) in [6.45, 7) is 0.226. The van der Waals surface area contributed by atoms with Crippen LogP contribution in [0.4, 0.5) is 0 Å². The molecule has 1 aliphatic carbocycles. The van der Waals surface area contributed by atoms with Crippen LogP contribution in [0, 0.1) is 0 Å². The maximum Gasteiger partial charge on any atom is 0.222 e. The van der Waals surface area contributed by atoms with E-state index in [1.54, 1.807) is 0 Å². The molecule has 1 fully saturated rings. The van der Waals surface area contributed by atoms with Gasteiger partial charge in [-0.1, -0.05) is 43.2 Å². The number of carbonyl (C=O) groups is 1. The number of benzene rings is 1. The molecule has 1 aromatic carbocycles. The highest BCUT2D eigenvalue weighted by Crippen LogP contribution is 2.32. The first kappa shape index (κ1) is 15.0. The molecule has 0 bridgehead atoms. The summed E-state index contributed by atoms with van der Waals surface area (Å²) in [5.74, 6) is -0.179. The molecule has 0 aromatic heterocycles. The van der Waals surface area contributed by atoms with Crippen molar-refractivity contribution in [1.29, 1.82) is 0 Å². The average molecular weight is 277 g/mol. The largest absolute Gasteiger partial charge is 0.391 e. The molecule has 0 heterocycles. The van der Waals surface area contributed by atoms with Crippen LogP contribution in [0.25, 0.3) is 0 Å². The summed E-state index contributed by atoms with van der Waals surface area (Å²) in [7, 11) is 0. The number of aliphatic hydroxyl groups excluding tert-OH is 1. The Morgan fingerprint density at radius 3 is 2.55 bits per heavy atom. The summed E-state index contributed by atoms with van der Waals surface area (Å²) < 4.78 is 0. The quantitative estimate of drug-likeness (QED) is 0.736. The summed E-state index contributed by atoms with van der Waals surface area (Å²) in [5.41, 5.74) is 0.220. The van der Waals surface area contributed by atoms with E-state index < -0.39 is 11.7 Å². The third kappa shape index (κ3) is 4.62. The molecule has 1 aromatic rings. The Hall–Kier alpha value is -1.39.